The van der Waals surface area contributed by atoms with E-state index in [2.05, 4.69) is 36.5 Å². The molecule has 1 rings (SSSR count). The van der Waals surface area contributed by atoms with Gasteiger partial charge in [0, 0.05) is 0 Å². The summed E-state index contributed by atoms with van der Waals surface area (Å²) in [6.45, 7) is 10.4. The number of aliphatic imine (C=N–C) groups is 1. The molecule has 1 aromatic carbocycles. The summed E-state index contributed by atoms with van der Waals surface area (Å²) in [6, 6.07) is 7.59. The minimum Gasteiger partial charge on any atom is -0.494 e. The molecule has 0 heterocycles. The molecule has 3 nitrogen and oxygen atoms in total. The molecular formula is C16H23NO2Si. The number of para-hydroxylation sites is 2. The van der Waals surface area contributed by atoms with Crippen LogP contribution >= 0.6 is 0 Å². The molecule has 4 heteroatoms. The van der Waals surface area contributed by atoms with Gasteiger partial charge in [0.15, 0.2) is 8.32 Å². The molecule has 20 heavy (non-hydrogen) atoms. The smallest absolute Gasteiger partial charge is 0.185 e. The maximum absolute atomic E-state index is 6.00. The molecule has 1 aromatic rings. The van der Waals surface area contributed by atoms with E-state index in [4.69, 9.17) is 9.16 Å². The van der Waals surface area contributed by atoms with Crippen molar-refractivity contribution >= 4 is 20.2 Å². The van der Waals surface area contributed by atoms with Crippen LogP contribution in [0.5, 0.6) is 5.75 Å². The third-order valence-electron chi connectivity index (χ3n) is 2.29. The van der Waals surface area contributed by atoms with Gasteiger partial charge in [0.25, 0.3) is 0 Å². The first-order valence-corrected chi connectivity index (χ1v) is 10.0. The maximum Gasteiger partial charge on any atom is 0.185 e. The van der Waals surface area contributed by atoms with E-state index in [1.165, 1.54) is 0 Å². The largest absolute Gasteiger partial charge is 0.494 e. The van der Waals surface area contributed by atoms with E-state index in [1.54, 1.807) is 13.3 Å². The molecule has 0 saturated heterocycles. The quantitative estimate of drug-likeness (QED) is 0.476. The Bertz CT molecular complexity index is 533. The molecule has 0 aliphatic heterocycles. The zero-order valence-electron chi connectivity index (χ0n) is 13.2. The Morgan fingerprint density at radius 3 is 2.45 bits per heavy atom. The summed E-state index contributed by atoms with van der Waals surface area (Å²) in [5.74, 6) is 6.78. The van der Waals surface area contributed by atoms with Crippen LogP contribution in [0, 0.1) is 11.8 Å². The number of nitrogens with zero attached hydrogens (tertiary/aromatic N) is 1. The zero-order valence-corrected chi connectivity index (χ0v) is 14.2. The first-order chi connectivity index (χ1) is 9.23. The predicted octanol–water partition coefficient (Wildman–Crippen LogP) is 4.03. The van der Waals surface area contributed by atoms with E-state index < -0.39 is 13.9 Å². The van der Waals surface area contributed by atoms with Crippen molar-refractivity contribution in [2.75, 3.05) is 7.11 Å². The summed E-state index contributed by atoms with van der Waals surface area (Å²) in [5.41, 5.74) is 0.324. The fourth-order valence-electron chi connectivity index (χ4n) is 1.84. The Hall–Kier alpha value is -1.57. The van der Waals surface area contributed by atoms with Crippen LogP contribution in [0.1, 0.15) is 13.8 Å². The van der Waals surface area contributed by atoms with Crippen molar-refractivity contribution < 1.29 is 9.16 Å². The molecule has 0 spiro atoms. The number of methoxy groups -OCH3 is 1. The van der Waals surface area contributed by atoms with Crippen molar-refractivity contribution in [2.24, 2.45) is 4.99 Å². The van der Waals surface area contributed by atoms with Gasteiger partial charge in [-0.05, 0) is 45.6 Å². The van der Waals surface area contributed by atoms with E-state index >= 15 is 0 Å². The Morgan fingerprint density at radius 2 is 1.85 bits per heavy atom. The van der Waals surface area contributed by atoms with Gasteiger partial charge >= 0.3 is 0 Å². The predicted molar refractivity (Wildman–Crippen MR) is 87.4 cm³/mol. The molecule has 108 valence electrons. The fraction of sp³-hybridized carbons (Fsp3) is 0.438. The molecule has 0 N–H and O–H groups in total. The molecule has 0 amide bonds. The Labute approximate surface area is 123 Å². The summed E-state index contributed by atoms with van der Waals surface area (Å²) in [4.78, 5) is 4.31. The molecule has 0 saturated carbocycles. The average Bonchev–Trinajstić information content (AvgIpc) is 2.32. The first-order valence-electron chi connectivity index (χ1n) is 6.62. The van der Waals surface area contributed by atoms with Crippen molar-refractivity contribution in [1.29, 1.82) is 0 Å². The number of rotatable bonds is 4. The van der Waals surface area contributed by atoms with E-state index in [9.17, 15) is 0 Å². The van der Waals surface area contributed by atoms with Crippen LogP contribution in [-0.2, 0) is 4.43 Å². The standard InChI is InChI=1S/C16H23NO2Si/c1-16(2,19-20(4,5)6)12-9-13-17-14-10-7-8-11-15(14)18-3/h7-8,10-11,13H,1-6H3. The highest BCUT2D eigenvalue weighted by atomic mass is 28.4. The van der Waals surface area contributed by atoms with E-state index in [0.717, 1.165) is 11.4 Å². The zero-order chi connectivity index (χ0) is 15.2. The summed E-state index contributed by atoms with van der Waals surface area (Å²) in [6.07, 6.45) is 1.59. The minimum atomic E-state index is -1.60. The average molecular weight is 289 g/mol. The molecule has 0 fully saturated rings. The molecule has 0 atom stereocenters. The van der Waals surface area contributed by atoms with E-state index in [1.807, 2.05) is 38.1 Å². The molecule has 0 aromatic heterocycles. The second-order valence-electron chi connectivity index (χ2n) is 5.92. The first kappa shape index (κ1) is 16.5. The van der Waals surface area contributed by atoms with Crippen molar-refractivity contribution in [3.8, 4) is 17.6 Å². The highest BCUT2D eigenvalue weighted by Gasteiger charge is 2.25. The molecular weight excluding hydrogens is 266 g/mol. The van der Waals surface area contributed by atoms with Crippen LogP contribution in [-0.4, -0.2) is 27.2 Å². The van der Waals surface area contributed by atoms with Crippen LogP contribution in [0.4, 0.5) is 5.69 Å². The van der Waals surface area contributed by atoms with Gasteiger partial charge < -0.3 is 9.16 Å². The monoisotopic (exact) mass is 289 g/mol. The van der Waals surface area contributed by atoms with Gasteiger partial charge in [0.2, 0.25) is 0 Å². The van der Waals surface area contributed by atoms with Gasteiger partial charge in [-0.3, -0.25) is 0 Å². The normalized spacial score (nSPS) is 12.1. The third kappa shape index (κ3) is 6.05. The van der Waals surface area contributed by atoms with E-state index in [-0.39, 0.29) is 0 Å². The highest BCUT2D eigenvalue weighted by molar-refractivity contribution is 6.69. The lowest BCUT2D eigenvalue weighted by Gasteiger charge is -2.28. The lowest BCUT2D eigenvalue weighted by atomic mass is 10.1. The van der Waals surface area contributed by atoms with Gasteiger partial charge in [-0.1, -0.05) is 24.0 Å². The summed E-state index contributed by atoms with van der Waals surface area (Å²) in [5, 5.41) is 0. The topological polar surface area (TPSA) is 30.8 Å². The number of hydrogen-bond acceptors (Lipinski definition) is 3. The number of benzene rings is 1. The molecule has 0 bridgehead atoms. The number of hydrogen-bond donors (Lipinski definition) is 0. The van der Waals surface area contributed by atoms with Gasteiger partial charge in [-0.25, -0.2) is 4.99 Å². The van der Waals surface area contributed by atoms with Crippen LogP contribution in [0.2, 0.25) is 19.6 Å². The maximum atomic E-state index is 6.00. The molecule has 0 unspecified atom stereocenters. The molecule has 0 radical (unpaired) electrons. The fourth-order valence-corrected chi connectivity index (χ4v) is 3.42. The van der Waals surface area contributed by atoms with Crippen LogP contribution in [0.15, 0.2) is 29.3 Å². The van der Waals surface area contributed by atoms with Crippen molar-refractivity contribution in [3.63, 3.8) is 0 Å². The Morgan fingerprint density at radius 1 is 1.20 bits per heavy atom. The lowest BCUT2D eigenvalue weighted by molar-refractivity contribution is 0.164. The van der Waals surface area contributed by atoms with Gasteiger partial charge in [-0.15, -0.1) is 0 Å². The Kier molecular flexibility index (Phi) is 5.55. The lowest BCUT2D eigenvalue weighted by Crippen LogP contribution is -2.37. The minimum absolute atomic E-state index is 0.447. The summed E-state index contributed by atoms with van der Waals surface area (Å²) < 4.78 is 11.2. The van der Waals surface area contributed by atoms with Crippen LogP contribution in [0.3, 0.4) is 0 Å². The van der Waals surface area contributed by atoms with Gasteiger partial charge in [0.1, 0.15) is 17.0 Å². The summed E-state index contributed by atoms with van der Waals surface area (Å²) in [7, 11) is 0.0314. The number of ether oxygens (including phenoxy) is 1. The van der Waals surface area contributed by atoms with E-state index in [0.29, 0.717) is 0 Å². The van der Waals surface area contributed by atoms with Gasteiger partial charge in [0.05, 0.1) is 13.3 Å². The van der Waals surface area contributed by atoms with Crippen molar-refractivity contribution in [2.45, 2.75) is 39.1 Å². The molecule has 0 aliphatic carbocycles. The third-order valence-corrected chi connectivity index (χ3v) is 3.41. The molecule has 0 aliphatic rings. The van der Waals surface area contributed by atoms with Crippen molar-refractivity contribution in [3.05, 3.63) is 24.3 Å². The second-order valence-corrected chi connectivity index (χ2v) is 10.4. The van der Waals surface area contributed by atoms with Gasteiger partial charge in [-0.2, -0.15) is 0 Å². The Balaban J connectivity index is 2.77. The highest BCUT2D eigenvalue weighted by Crippen LogP contribution is 2.25. The van der Waals surface area contributed by atoms with Crippen molar-refractivity contribution in [1.82, 2.24) is 0 Å². The van der Waals surface area contributed by atoms with Crippen LogP contribution < -0.4 is 4.74 Å². The SMILES string of the molecule is COc1ccccc1N=CC#CC(C)(C)O[Si](C)(C)C. The summed E-state index contributed by atoms with van der Waals surface area (Å²) >= 11 is 0. The second kappa shape index (κ2) is 6.73. The van der Waals surface area contributed by atoms with Crippen LogP contribution in [0.25, 0.3) is 0 Å².